The molecule has 2 N–H and O–H groups in total. The lowest BCUT2D eigenvalue weighted by molar-refractivity contribution is -0.115. The third-order valence-corrected chi connectivity index (χ3v) is 2.87. The number of hydrogen-bond acceptors (Lipinski definition) is 3. The van der Waals surface area contributed by atoms with Crippen molar-refractivity contribution in [2.24, 2.45) is 0 Å². The number of amides is 1. The van der Waals surface area contributed by atoms with E-state index in [0.717, 1.165) is 9.09 Å². The second-order valence-corrected chi connectivity index (χ2v) is 4.20. The molecule has 0 atom stereocenters. The molecule has 0 aliphatic carbocycles. The van der Waals surface area contributed by atoms with Crippen LogP contribution in [0.5, 0.6) is 0 Å². The SMILES string of the molecule is N#CCC(=O)Nc1cccc2c(I)[nH]nc12. The molecule has 0 unspecified atom stereocenters. The molecule has 2 aromatic rings. The number of nitrogens with zero attached hydrogens (tertiary/aromatic N) is 2. The summed E-state index contributed by atoms with van der Waals surface area (Å²) in [5.41, 5.74) is 1.33. The summed E-state index contributed by atoms with van der Waals surface area (Å²) in [6, 6.07) is 7.31. The van der Waals surface area contributed by atoms with E-state index >= 15 is 0 Å². The van der Waals surface area contributed by atoms with Crippen LogP contribution in [-0.4, -0.2) is 16.1 Å². The fraction of sp³-hybridized carbons (Fsp3) is 0.100. The maximum Gasteiger partial charge on any atom is 0.238 e. The zero-order valence-electron chi connectivity index (χ0n) is 8.12. The molecule has 1 amide bonds. The van der Waals surface area contributed by atoms with Crippen molar-refractivity contribution in [2.75, 3.05) is 5.32 Å². The number of halogens is 1. The third kappa shape index (κ3) is 1.99. The van der Waals surface area contributed by atoms with E-state index in [-0.39, 0.29) is 12.3 Å². The van der Waals surface area contributed by atoms with Crippen LogP contribution in [-0.2, 0) is 4.79 Å². The van der Waals surface area contributed by atoms with Gasteiger partial charge in [-0.1, -0.05) is 6.07 Å². The Labute approximate surface area is 105 Å². The van der Waals surface area contributed by atoms with Gasteiger partial charge in [0.05, 0.1) is 11.8 Å². The van der Waals surface area contributed by atoms with E-state index in [1.165, 1.54) is 0 Å². The molecule has 5 nitrogen and oxygen atoms in total. The number of aromatic amines is 1. The van der Waals surface area contributed by atoms with E-state index in [4.69, 9.17) is 5.26 Å². The van der Waals surface area contributed by atoms with Crippen molar-refractivity contribution in [1.29, 1.82) is 5.26 Å². The molecular weight excluding hydrogens is 319 g/mol. The van der Waals surface area contributed by atoms with E-state index in [2.05, 4.69) is 38.1 Å². The van der Waals surface area contributed by atoms with Crippen LogP contribution in [0.2, 0.25) is 0 Å². The highest BCUT2D eigenvalue weighted by molar-refractivity contribution is 14.1. The Morgan fingerprint density at radius 3 is 3.19 bits per heavy atom. The number of nitriles is 1. The van der Waals surface area contributed by atoms with Gasteiger partial charge in [-0.15, -0.1) is 0 Å². The zero-order valence-corrected chi connectivity index (χ0v) is 10.3. The van der Waals surface area contributed by atoms with Gasteiger partial charge in [-0.05, 0) is 34.7 Å². The second kappa shape index (κ2) is 4.49. The Balaban J connectivity index is 2.38. The number of fused-ring (bicyclic) bond motifs is 1. The van der Waals surface area contributed by atoms with Crippen molar-refractivity contribution < 1.29 is 4.79 Å². The highest BCUT2D eigenvalue weighted by Gasteiger charge is 2.09. The highest BCUT2D eigenvalue weighted by atomic mass is 127. The molecule has 0 aliphatic rings. The number of para-hydroxylation sites is 1. The Morgan fingerprint density at radius 1 is 1.62 bits per heavy atom. The molecular formula is C10H7IN4O. The fourth-order valence-corrected chi connectivity index (χ4v) is 1.93. The van der Waals surface area contributed by atoms with Crippen molar-refractivity contribution in [3.63, 3.8) is 0 Å². The van der Waals surface area contributed by atoms with Gasteiger partial charge >= 0.3 is 0 Å². The molecule has 0 spiro atoms. The molecule has 1 aromatic heterocycles. The Bertz CT molecular complexity index is 584. The first-order valence-electron chi connectivity index (χ1n) is 4.52. The number of nitrogens with one attached hydrogen (secondary N) is 2. The number of hydrogen-bond donors (Lipinski definition) is 2. The molecule has 1 heterocycles. The number of aromatic nitrogens is 2. The van der Waals surface area contributed by atoms with Gasteiger partial charge in [-0.2, -0.15) is 10.4 Å². The van der Waals surface area contributed by atoms with Crippen molar-refractivity contribution in [3.05, 3.63) is 21.9 Å². The largest absolute Gasteiger partial charge is 0.323 e. The van der Waals surface area contributed by atoms with Gasteiger partial charge in [0, 0.05) is 5.39 Å². The number of carbonyl (C=O) groups excluding carboxylic acids is 1. The summed E-state index contributed by atoms with van der Waals surface area (Å²) in [6.45, 7) is 0. The molecule has 6 heteroatoms. The zero-order chi connectivity index (χ0) is 11.5. The number of H-pyrrole nitrogens is 1. The smallest absolute Gasteiger partial charge is 0.238 e. The van der Waals surface area contributed by atoms with Gasteiger partial charge in [-0.25, -0.2) is 0 Å². The molecule has 80 valence electrons. The van der Waals surface area contributed by atoms with E-state index in [1.54, 1.807) is 12.1 Å². The molecule has 2 rings (SSSR count). The molecule has 1 aromatic carbocycles. The average Bonchev–Trinajstić information content (AvgIpc) is 2.62. The third-order valence-electron chi connectivity index (χ3n) is 2.05. The van der Waals surface area contributed by atoms with Crippen LogP contribution in [0.4, 0.5) is 5.69 Å². The van der Waals surface area contributed by atoms with Crippen LogP contribution >= 0.6 is 22.6 Å². The standard InChI is InChI=1S/C10H7IN4O/c11-10-6-2-1-3-7(9(6)14-15-10)13-8(16)4-5-12/h1-3H,4H2,(H,13,16)(H,14,15). The first-order chi connectivity index (χ1) is 7.72. The summed E-state index contributed by atoms with van der Waals surface area (Å²) < 4.78 is 0.920. The number of carbonyl (C=O) groups is 1. The number of benzene rings is 1. The van der Waals surface area contributed by atoms with Crippen LogP contribution < -0.4 is 5.32 Å². The summed E-state index contributed by atoms with van der Waals surface area (Å²) in [6.07, 6.45) is -0.155. The highest BCUT2D eigenvalue weighted by Crippen LogP contribution is 2.24. The summed E-state index contributed by atoms with van der Waals surface area (Å²) in [5.74, 6) is -0.326. The average molecular weight is 326 g/mol. The summed E-state index contributed by atoms with van der Waals surface area (Å²) in [5, 5.41) is 18.9. The first-order valence-corrected chi connectivity index (χ1v) is 5.59. The van der Waals surface area contributed by atoms with Gasteiger partial charge in [0.15, 0.2) is 0 Å². The van der Waals surface area contributed by atoms with Gasteiger partial charge in [-0.3, -0.25) is 9.89 Å². The minimum Gasteiger partial charge on any atom is -0.323 e. The minimum atomic E-state index is -0.326. The Hall–Kier alpha value is -1.62. The predicted octanol–water partition coefficient (Wildman–Crippen LogP) is 2.02. The van der Waals surface area contributed by atoms with Crippen LogP contribution in [0, 0.1) is 15.0 Å². The topological polar surface area (TPSA) is 81.6 Å². The van der Waals surface area contributed by atoms with Crippen LogP contribution in [0.15, 0.2) is 18.2 Å². The van der Waals surface area contributed by atoms with E-state index in [0.29, 0.717) is 11.2 Å². The van der Waals surface area contributed by atoms with E-state index in [1.807, 2.05) is 12.1 Å². The summed E-state index contributed by atoms with van der Waals surface area (Å²) in [7, 11) is 0. The van der Waals surface area contributed by atoms with Crippen LogP contribution in [0.3, 0.4) is 0 Å². The van der Waals surface area contributed by atoms with Crippen molar-refractivity contribution in [2.45, 2.75) is 6.42 Å². The van der Waals surface area contributed by atoms with Crippen molar-refractivity contribution >= 4 is 45.1 Å². The van der Waals surface area contributed by atoms with Gasteiger partial charge in [0.2, 0.25) is 5.91 Å². The number of rotatable bonds is 2. The molecule has 16 heavy (non-hydrogen) atoms. The second-order valence-electron chi connectivity index (χ2n) is 3.12. The van der Waals surface area contributed by atoms with Gasteiger partial charge < -0.3 is 5.32 Å². The number of anilines is 1. The lowest BCUT2D eigenvalue weighted by Crippen LogP contribution is -2.10. The van der Waals surface area contributed by atoms with E-state index in [9.17, 15) is 4.79 Å². The normalized spacial score (nSPS) is 10.0. The Morgan fingerprint density at radius 2 is 2.44 bits per heavy atom. The summed E-state index contributed by atoms with van der Waals surface area (Å²) >= 11 is 2.14. The monoisotopic (exact) mass is 326 g/mol. The molecule has 0 radical (unpaired) electrons. The lowest BCUT2D eigenvalue weighted by atomic mass is 10.2. The Kier molecular flexibility index (Phi) is 3.05. The lowest BCUT2D eigenvalue weighted by Gasteiger charge is -2.02. The fourth-order valence-electron chi connectivity index (χ4n) is 1.37. The predicted molar refractivity (Wildman–Crippen MR) is 67.7 cm³/mol. The molecule has 0 saturated heterocycles. The molecule has 0 fully saturated rings. The maximum atomic E-state index is 11.3. The quantitative estimate of drug-likeness (QED) is 0.829. The molecule has 0 bridgehead atoms. The summed E-state index contributed by atoms with van der Waals surface area (Å²) in [4.78, 5) is 11.3. The minimum absolute atomic E-state index is 0.155. The van der Waals surface area contributed by atoms with Crippen molar-refractivity contribution in [1.82, 2.24) is 10.2 Å². The van der Waals surface area contributed by atoms with Gasteiger partial charge in [0.1, 0.15) is 15.6 Å². The van der Waals surface area contributed by atoms with Crippen LogP contribution in [0.1, 0.15) is 6.42 Å². The van der Waals surface area contributed by atoms with Crippen LogP contribution in [0.25, 0.3) is 10.9 Å². The van der Waals surface area contributed by atoms with Gasteiger partial charge in [0.25, 0.3) is 0 Å². The molecule has 0 saturated carbocycles. The molecule has 0 aliphatic heterocycles. The first kappa shape index (κ1) is 10.9. The van der Waals surface area contributed by atoms with Crippen molar-refractivity contribution in [3.8, 4) is 6.07 Å². The van der Waals surface area contributed by atoms with E-state index < -0.39 is 0 Å². The maximum absolute atomic E-state index is 11.3.